The molecule has 7 nitrogen and oxygen atoms in total. The van der Waals surface area contributed by atoms with Gasteiger partial charge in [-0.1, -0.05) is 18.2 Å². The van der Waals surface area contributed by atoms with E-state index in [4.69, 9.17) is 0 Å². The molecule has 1 heterocycles. The minimum atomic E-state index is -0.455. The number of non-ortho nitro benzene ring substituents is 1. The Balaban J connectivity index is 1.96. The minimum absolute atomic E-state index is 0.00768. The van der Waals surface area contributed by atoms with Gasteiger partial charge in [-0.15, -0.1) is 0 Å². The van der Waals surface area contributed by atoms with Gasteiger partial charge in [-0.05, 0) is 25.1 Å². The first-order valence-corrected chi connectivity index (χ1v) is 7.18. The van der Waals surface area contributed by atoms with E-state index >= 15 is 0 Å². The van der Waals surface area contributed by atoms with Crippen LogP contribution in [0.25, 0.3) is 11.4 Å². The average Bonchev–Trinajstić information content (AvgIpc) is 2.55. The minimum Gasteiger partial charge on any atom is -0.507 e. The molecular formula is C17H14N4O3. The van der Waals surface area contributed by atoms with Crippen LogP contribution < -0.4 is 5.32 Å². The summed E-state index contributed by atoms with van der Waals surface area (Å²) in [6.07, 6.45) is 0. The van der Waals surface area contributed by atoms with Crippen molar-refractivity contribution >= 4 is 17.2 Å². The normalized spacial score (nSPS) is 10.4. The summed E-state index contributed by atoms with van der Waals surface area (Å²) in [5, 5.41) is 23.9. The molecule has 0 unspecified atom stereocenters. The maximum Gasteiger partial charge on any atom is 0.271 e. The number of aromatic hydroxyl groups is 1. The Morgan fingerprint density at radius 2 is 1.88 bits per heavy atom. The number of hydrogen-bond acceptors (Lipinski definition) is 6. The summed E-state index contributed by atoms with van der Waals surface area (Å²) >= 11 is 0. The molecule has 3 rings (SSSR count). The quantitative estimate of drug-likeness (QED) is 0.559. The molecule has 2 aromatic carbocycles. The van der Waals surface area contributed by atoms with E-state index in [-0.39, 0.29) is 11.4 Å². The van der Waals surface area contributed by atoms with Gasteiger partial charge in [0.15, 0.2) is 5.82 Å². The van der Waals surface area contributed by atoms with E-state index in [0.29, 0.717) is 28.6 Å². The standard InChI is InChI=1S/C17H14N4O3/c1-11-9-16(19-12-5-4-6-13(10-12)21(23)24)20-17(18-11)14-7-2-3-8-15(14)22/h2-10,22H,1H3,(H,18,19,20). The lowest BCUT2D eigenvalue weighted by Gasteiger charge is -2.09. The zero-order valence-corrected chi connectivity index (χ0v) is 12.8. The molecule has 0 spiro atoms. The molecule has 0 radical (unpaired) electrons. The van der Waals surface area contributed by atoms with Crippen molar-refractivity contribution in [2.45, 2.75) is 6.92 Å². The Kier molecular flexibility index (Phi) is 4.07. The molecule has 7 heteroatoms. The van der Waals surface area contributed by atoms with Gasteiger partial charge in [-0.2, -0.15) is 0 Å². The van der Waals surface area contributed by atoms with Crippen LogP contribution in [0.5, 0.6) is 5.75 Å². The van der Waals surface area contributed by atoms with Crippen molar-refractivity contribution in [3.8, 4) is 17.1 Å². The van der Waals surface area contributed by atoms with Crippen molar-refractivity contribution in [1.29, 1.82) is 0 Å². The molecule has 2 N–H and O–H groups in total. The number of phenols is 1. The van der Waals surface area contributed by atoms with Gasteiger partial charge in [0.2, 0.25) is 0 Å². The number of anilines is 2. The fraction of sp³-hybridized carbons (Fsp3) is 0.0588. The number of hydrogen-bond donors (Lipinski definition) is 2. The molecule has 24 heavy (non-hydrogen) atoms. The average molecular weight is 322 g/mol. The van der Waals surface area contributed by atoms with Crippen molar-refractivity contribution in [2.75, 3.05) is 5.32 Å². The lowest BCUT2D eigenvalue weighted by atomic mass is 10.2. The SMILES string of the molecule is Cc1cc(Nc2cccc([N+](=O)[O-])c2)nc(-c2ccccc2O)n1. The fourth-order valence-electron chi connectivity index (χ4n) is 2.26. The van der Waals surface area contributed by atoms with E-state index in [9.17, 15) is 15.2 Å². The summed E-state index contributed by atoms with van der Waals surface area (Å²) < 4.78 is 0. The van der Waals surface area contributed by atoms with E-state index in [2.05, 4.69) is 15.3 Å². The van der Waals surface area contributed by atoms with Gasteiger partial charge < -0.3 is 10.4 Å². The van der Waals surface area contributed by atoms with Crippen LogP contribution in [0.4, 0.5) is 17.2 Å². The number of nitrogens with zero attached hydrogens (tertiary/aromatic N) is 3. The zero-order valence-electron chi connectivity index (χ0n) is 12.8. The predicted octanol–water partition coefficient (Wildman–Crippen LogP) is 3.81. The second-order valence-electron chi connectivity index (χ2n) is 5.17. The van der Waals surface area contributed by atoms with Crippen LogP contribution in [0, 0.1) is 17.0 Å². The van der Waals surface area contributed by atoms with Gasteiger partial charge >= 0.3 is 0 Å². The smallest absolute Gasteiger partial charge is 0.271 e. The molecule has 0 saturated carbocycles. The molecule has 0 bridgehead atoms. The number of para-hydroxylation sites is 1. The van der Waals surface area contributed by atoms with Crippen LogP contribution in [-0.2, 0) is 0 Å². The van der Waals surface area contributed by atoms with Gasteiger partial charge in [0, 0.05) is 29.6 Å². The van der Waals surface area contributed by atoms with Gasteiger partial charge in [-0.3, -0.25) is 10.1 Å². The lowest BCUT2D eigenvalue weighted by molar-refractivity contribution is -0.384. The number of aromatic nitrogens is 2. The highest BCUT2D eigenvalue weighted by Crippen LogP contribution is 2.28. The third-order valence-corrected chi connectivity index (χ3v) is 3.33. The maximum atomic E-state index is 10.9. The highest BCUT2D eigenvalue weighted by Gasteiger charge is 2.10. The van der Waals surface area contributed by atoms with E-state index in [0.717, 1.165) is 0 Å². The van der Waals surface area contributed by atoms with E-state index in [1.165, 1.54) is 12.1 Å². The summed E-state index contributed by atoms with van der Waals surface area (Å²) in [5.41, 5.74) is 1.76. The Labute approximate surface area is 137 Å². The third-order valence-electron chi connectivity index (χ3n) is 3.33. The second-order valence-corrected chi connectivity index (χ2v) is 5.17. The van der Waals surface area contributed by atoms with Crippen molar-refractivity contribution in [1.82, 2.24) is 9.97 Å². The summed E-state index contributed by atoms with van der Waals surface area (Å²) in [6, 6.07) is 14.7. The lowest BCUT2D eigenvalue weighted by Crippen LogP contribution is -1.99. The first-order valence-electron chi connectivity index (χ1n) is 7.18. The van der Waals surface area contributed by atoms with Crippen LogP contribution in [0.15, 0.2) is 54.6 Å². The molecule has 0 amide bonds. The van der Waals surface area contributed by atoms with Gasteiger partial charge in [0.25, 0.3) is 5.69 Å². The van der Waals surface area contributed by atoms with Gasteiger partial charge in [-0.25, -0.2) is 9.97 Å². The van der Waals surface area contributed by atoms with E-state index < -0.39 is 4.92 Å². The summed E-state index contributed by atoms with van der Waals surface area (Å²) in [7, 11) is 0. The van der Waals surface area contributed by atoms with Crippen molar-refractivity contribution in [3.05, 3.63) is 70.4 Å². The summed E-state index contributed by atoms with van der Waals surface area (Å²) in [4.78, 5) is 19.1. The predicted molar refractivity (Wildman–Crippen MR) is 90.2 cm³/mol. The third kappa shape index (κ3) is 3.30. The van der Waals surface area contributed by atoms with E-state index in [1.807, 2.05) is 6.92 Å². The molecule has 0 aliphatic heterocycles. The number of nitrogens with one attached hydrogen (secondary N) is 1. The molecule has 0 aliphatic rings. The van der Waals surface area contributed by atoms with Crippen LogP contribution in [0.2, 0.25) is 0 Å². The Morgan fingerprint density at radius 1 is 1.08 bits per heavy atom. The van der Waals surface area contributed by atoms with Crippen LogP contribution in [0.1, 0.15) is 5.69 Å². The molecule has 0 aliphatic carbocycles. The van der Waals surface area contributed by atoms with Gasteiger partial charge in [0.05, 0.1) is 10.5 Å². The summed E-state index contributed by atoms with van der Waals surface area (Å²) in [6.45, 7) is 1.81. The largest absolute Gasteiger partial charge is 0.507 e. The number of nitro groups is 1. The van der Waals surface area contributed by atoms with Crippen LogP contribution >= 0.6 is 0 Å². The van der Waals surface area contributed by atoms with Gasteiger partial charge in [0.1, 0.15) is 11.6 Å². The molecule has 0 atom stereocenters. The number of nitro benzene ring substituents is 1. The molecule has 1 aromatic heterocycles. The van der Waals surface area contributed by atoms with Crippen LogP contribution in [0.3, 0.4) is 0 Å². The molecular weight excluding hydrogens is 308 g/mol. The van der Waals surface area contributed by atoms with Crippen molar-refractivity contribution in [3.63, 3.8) is 0 Å². The molecule has 0 fully saturated rings. The molecule has 0 saturated heterocycles. The Bertz CT molecular complexity index is 912. The molecule has 3 aromatic rings. The first kappa shape index (κ1) is 15.4. The second kappa shape index (κ2) is 6.33. The van der Waals surface area contributed by atoms with Crippen LogP contribution in [-0.4, -0.2) is 20.0 Å². The number of aryl methyl sites for hydroxylation is 1. The molecule has 120 valence electrons. The number of benzene rings is 2. The summed E-state index contributed by atoms with van der Waals surface area (Å²) in [5.74, 6) is 0.951. The Morgan fingerprint density at radius 3 is 2.62 bits per heavy atom. The number of phenolic OH excluding ortho intramolecular Hbond substituents is 1. The highest BCUT2D eigenvalue weighted by molar-refractivity contribution is 5.67. The highest BCUT2D eigenvalue weighted by atomic mass is 16.6. The van der Waals surface area contributed by atoms with E-state index in [1.54, 1.807) is 42.5 Å². The maximum absolute atomic E-state index is 10.9. The first-order chi connectivity index (χ1) is 11.5. The Hall–Kier alpha value is -3.48. The zero-order chi connectivity index (χ0) is 17.1. The fourth-order valence-corrected chi connectivity index (χ4v) is 2.26. The van der Waals surface area contributed by atoms with Crippen molar-refractivity contribution < 1.29 is 10.0 Å². The van der Waals surface area contributed by atoms with Crippen molar-refractivity contribution in [2.24, 2.45) is 0 Å². The monoisotopic (exact) mass is 322 g/mol. The topological polar surface area (TPSA) is 101 Å². The number of rotatable bonds is 4.